The Morgan fingerprint density at radius 3 is 1.77 bits per heavy atom. The second-order valence-corrected chi connectivity index (χ2v) is 10.1. The summed E-state index contributed by atoms with van der Waals surface area (Å²) >= 11 is 10.5. The smallest absolute Gasteiger partial charge is 0.252 e. The van der Waals surface area contributed by atoms with E-state index in [0.29, 0.717) is 6.42 Å². The second kappa shape index (κ2) is 9.35. The van der Waals surface area contributed by atoms with E-state index in [0.717, 1.165) is 30.1 Å². The van der Waals surface area contributed by atoms with Gasteiger partial charge in [0, 0.05) is 26.9 Å². The fraction of sp³-hybridized carbons (Fsp3) is 0.208. The number of ether oxygens (including phenoxy) is 1. The standard InChI is InChI=1S/C24H20Br3NO2/c1-28-22(16-4-10-19(26)11-5-16)23(17-6-12-20(27)13-7-17)30-21(24(28)29)14-15-2-8-18(25)9-3-15/h2-13,21-23H,14H2,1H3/t21-,22+,23-/m1/s1. The van der Waals surface area contributed by atoms with Crippen molar-refractivity contribution in [3.05, 3.63) is 103 Å². The van der Waals surface area contributed by atoms with Crippen LogP contribution in [0.1, 0.15) is 28.8 Å². The minimum Gasteiger partial charge on any atom is -0.358 e. The van der Waals surface area contributed by atoms with E-state index in [4.69, 9.17) is 4.74 Å². The summed E-state index contributed by atoms with van der Waals surface area (Å²) in [6.07, 6.45) is -0.254. The van der Waals surface area contributed by atoms with Crippen molar-refractivity contribution in [1.29, 1.82) is 0 Å². The maximum Gasteiger partial charge on any atom is 0.252 e. The zero-order chi connectivity index (χ0) is 21.3. The van der Waals surface area contributed by atoms with Crippen LogP contribution in [0.4, 0.5) is 0 Å². The van der Waals surface area contributed by atoms with Gasteiger partial charge in [0.25, 0.3) is 5.91 Å². The molecular weight excluding hydrogens is 574 g/mol. The van der Waals surface area contributed by atoms with Gasteiger partial charge in [-0.25, -0.2) is 0 Å². The van der Waals surface area contributed by atoms with Crippen LogP contribution in [-0.2, 0) is 16.0 Å². The van der Waals surface area contributed by atoms with Gasteiger partial charge < -0.3 is 9.64 Å². The Kier molecular flexibility index (Phi) is 6.78. The molecule has 0 aliphatic carbocycles. The number of carbonyl (C=O) groups excluding carboxylic acids is 1. The first-order chi connectivity index (χ1) is 14.4. The van der Waals surface area contributed by atoms with Gasteiger partial charge in [-0.2, -0.15) is 0 Å². The van der Waals surface area contributed by atoms with Crippen LogP contribution in [0.5, 0.6) is 0 Å². The quantitative estimate of drug-likeness (QED) is 0.331. The van der Waals surface area contributed by atoms with Gasteiger partial charge in [-0.1, -0.05) is 84.2 Å². The molecule has 154 valence electrons. The first-order valence-corrected chi connectivity index (χ1v) is 12.0. The van der Waals surface area contributed by atoms with Gasteiger partial charge in [0.1, 0.15) is 12.2 Å². The Hall–Kier alpha value is -1.47. The third kappa shape index (κ3) is 4.72. The summed E-state index contributed by atoms with van der Waals surface area (Å²) in [5, 5.41) is 0. The van der Waals surface area contributed by atoms with Crippen molar-refractivity contribution in [2.45, 2.75) is 24.7 Å². The molecule has 4 rings (SSSR count). The van der Waals surface area contributed by atoms with Crippen LogP contribution < -0.4 is 0 Å². The molecule has 1 amide bonds. The molecule has 0 saturated carbocycles. The Labute approximate surface area is 201 Å². The summed E-state index contributed by atoms with van der Waals surface area (Å²) in [6.45, 7) is 0. The van der Waals surface area contributed by atoms with E-state index in [2.05, 4.69) is 59.9 Å². The number of nitrogens with zero attached hydrogens (tertiary/aromatic N) is 1. The molecule has 1 heterocycles. The lowest BCUT2D eigenvalue weighted by Gasteiger charge is -2.43. The molecule has 1 saturated heterocycles. The number of halogens is 3. The van der Waals surface area contributed by atoms with Gasteiger partial charge in [0.2, 0.25) is 0 Å². The van der Waals surface area contributed by atoms with Crippen molar-refractivity contribution in [3.8, 4) is 0 Å². The maximum atomic E-state index is 13.3. The fourth-order valence-corrected chi connectivity index (χ4v) is 4.61. The average Bonchev–Trinajstić information content (AvgIpc) is 2.74. The Morgan fingerprint density at radius 1 is 0.767 bits per heavy atom. The summed E-state index contributed by atoms with van der Waals surface area (Å²) in [4.78, 5) is 15.1. The molecule has 30 heavy (non-hydrogen) atoms. The van der Waals surface area contributed by atoms with Crippen LogP contribution in [0.25, 0.3) is 0 Å². The van der Waals surface area contributed by atoms with Crippen LogP contribution in [0.2, 0.25) is 0 Å². The topological polar surface area (TPSA) is 29.5 Å². The van der Waals surface area contributed by atoms with Crippen molar-refractivity contribution >= 4 is 53.7 Å². The highest BCUT2D eigenvalue weighted by Gasteiger charge is 2.42. The Balaban J connectivity index is 1.69. The Morgan fingerprint density at radius 2 is 1.23 bits per heavy atom. The largest absolute Gasteiger partial charge is 0.358 e. The van der Waals surface area contributed by atoms with Crippen molar-refractivity contribution in [1.82, 2.24) is 4.90 Å². The number of amides is 1. The van der Waals surface area contributed by atoms with Crippen molar-refractivity contribution in [2.75, 3.05) is 7.05 Å². The lowest BCUT2D eigenvalue weighted by molar-refractivity contribution is -0.171. The minimum atomic E-state index is -0.531. The monoisotopic (exact) mass is 591 g/mol. The SMILES string of the molecule is CN1C(=O)[C@@H](Cc2ccc(Br)cc2)O[C@H](c2ccc(Br)cc2)[C@@H]1c1ccc(Br)cc1. The lowest BCUT2D eigenvalue weighted by Crippen LogP contribution is -2.49. The molecule has 3 aromatic carbocycles. The highest BCUT2D eigenvalue weighted by molar-refractivity contribution is 9.11. The molecule has 0 unspecified atom stereocenters. The minimum absolute atomic E-state index is 0.000742. The number of benzene rings is 3. The average molecular weight is 594 g/mol. The van der Waals surface area contributed by atoms with Gasteiger partial charge in [0.15, 0.2) is 0 Å². The van der Waals surface area contributed by atoms with Gasteiger partial charge in [0.05, 0.1) is 6.04 Å². The van der Waals surface area contributed by atoms with Crippen LogP contribution in [0.15, 0.2) is 86.2 Å². The predicted molar refractivity (Wildman–Crippen MR) is 129 cm³/mol. The van der Waals surface area contributed by atoms with E-state index in [-0.39, 0.29) is 18.1 Å². The molecule has 0 aromatic heterocycles. The van der Waals surface area contributed by atoms with Crippen LogP contribution >= 0.6 is 47.8 Å². The molecule has 1 aliphatic heterocycles. The van der Waals surface area contributed by atoms with Gasteiger partial charge in [-0.15, -0.1) is 0 Å². The zero-order valence-electron chi connectivity index (χ0n) is 16.3. The molecule has 1 fully saturated rings. The molecule has 3 atom stereocenters. The summed E-state index contributed by atoms with van der Waals surface area (Å²) in [7, 11) is 1.87. The third-order valence-corrected chi connectivity index (χ3v) is 6.97. The highest BCUT2D eigenvalue weighted by Crippen LogP contribution is 2.42. The highest BCUT2D eigenvalue weighted by atomic mass is 79.9. The lowest BCUT2D eigenvalue weighted by atomic mass is 9.91. The van der Waals surface area contributed by atoms with E-state index in [1.165, 1.54) is 0 Å². The van der Waals surface area contributed by atoms with Gasteiger partial charge in [-0.05, 0) is 53.1 Å². The Bertz CT molecular complexity index is 1020. The third-order valence-electron chi connectivity index (χ3n) is 5.38. The fourth-order valence-electron chi connectivity index (χ4n) is 3.82. The van der Waals surface area contributed by atoms with E-state index >= 15 is 0 Å². The molecule has 3 nitrogen and oxygen atoms in total. The molecule has 0 spiro atoms. The normalized spacial score (nSPS) is 21.7. The van der Waals surface area contributed by atoms with Crippen LogP contribution in [0.3, 0.4) is 0 Å². The number of morpholine rings is 1. The number of carbonyl (C=O) groups is 1. The molecular formula is C24H20Br3NO2. The van der Waals surface area contributed by atoms with E-state index in [1.54, 1.807) is 0 Å². The van der Waals surface area contributed by atoms with Crippen LogP contribution in [-0.4, -0.2) is 24.0 Å². The predicted octanol–water partition coefficient (Wildman–Crippen LogP) is 6.86. The summed E-state index contributed by atoms with van der Waals surface area (Å²) in [6, 6.07) is 24.1. The number of likely N-dealkylation sites (N-methyl/N-ethyl adjacent to an activating group) is 1. The van der Waals surface area contributed by atoms with Gasteiger partial charge in [-0.3, -0.25) is 4.79 Å². The maximum absolute atomic E-state index is 13.3. The number of hydrogen-bond acceptors (Lipinski definition) is 2. The van der Waals surface area contributed by atoms with Crippen LogP contribution in [0, 0.1) is 0 Å². The summed E-state index contributed by atoms with van der Waals surface area (Å²) in [5.41, 5.74) is 3.16. The number of rotatable bonds is 4. The molecule has 1 aliphatic rings. The van der Waals surface area contributed by atoms with Crippen molar-refractivity contribution in [3.63, 3.8) is 0 Å². The molecule has 6 heteroatoms. The summed E-state index contributed by atoms with van der Waals surface area (Å²) in [5.74, 6) is -0.000742. The van der Waals surface area contributed by atoms with E-state index in [9.17, 15) is 4.79 Å². The van der Waals surface area contributed by atoms with Gasteiger partial charge >= 0.3 is 0 Å². The number of hydrogen-bond donors (Lipinski definition) is 0. The van der Waals surface area contributed by atoms with Crippen molar-refractivity contribution in [2.24, 2.45) is 0 Å². The second-order valence-electron chi connectivity index (χ2n) is 7.37. The molecule has 0 radical (unpaired) electrons. The zero-order valence-corrected chi connectivity index (χ0v) is 21.0. The van der Waals surface area contributed by atoms with E-state index in [1.807, 2.05) is 72.6 Å². The summed E-state index contributed by atoms with van der Waals surface area (Å²) < 4.78 is 9.53. The first-order valence-electron chi connectivity index (χ1n) is 9.60. The molecule has 3 aromatic rings. The van der Waals surface area contributed by atoms with E-state index < -0.39 is 6.10 Å². The van der Waals surface area contributed by atoms with Crippen molar-refractivity contribution < 1.29 is 9.53 Å². The first kappa shape index (κ1) is 21.8. The molecule has 0 bridgehead atoms. The molecule has 0 N–H and O–H groups in total.